The van der Waals surface area contributed by atoms with Gasteiger partial charge in [-0.25, -0.2) is 4.79 Å². The van der Waals surface area contributed by atoms with Crippen LogP contribution in [0.4, 0.5) is 4.79 Å². The van der Waals surface area contributed by atoms with Gasteiger partial charge in [-0.15, -0.1) is 0 Å². The van der Waals surface area contributed by atoms with Crippen LogP contribution in [0.15, 0.2) is 72.8 Å². The highest BCUT2D eigenvalue weighted by Crippen LogP contribution is 2.20. The molecule has 0 spiro atoms. The molecule has 0 bridgehead atoms. The first-order valence-corrected chi connectivity index (χ1v) is 10.1. The summed E-state index contributed by atoms with van der Waals surface area (Å²) in [5, 5.41) is 7.83. The molecular weight excluding hydrogens is 376 g/mol. The maximum absolute atomic E-state index is 13.0. The number of hydrogen-bond donors (Lipinski definition) is 2. The lowest BCUT2D eigenvalue weighted by molar-refractivity contribution is -0.123. The summed E-state index contributed by atoms with van der Waals surface area (Å²) in [6, 6.07) is 22.9. The van der Waals surface area contributed by atoms with E-state index < -0.39 is 17.7 Å². The van der Waals surface area contributed by atoms with Crippen LogP contribution in [0.5, 0.6) is 0 Å². The second kappa shape index (κ2) is 9.44. The number of alkyl carbamates (subject to hydrolysis) is 1. The number of ether oxygens (including phenoxy) is 1. The van der Waals surface area contributed by atoms with Gasteiger partial charge < -0.3 is 15.4 Å². The largest absolute Gasteiger partial charge is 0.444 e. The fraction of sp³-hybridized carbons (Fsp3) is 0.280. The van der Waals surface area contributed by atoms with Crippen LogP contribution in [0.2, 0.25) is 0 Å². The Bertz CT molecular complexity index is 1000. The van der Waals surface area contributed by atoms with E-state index >= 15 is 0 Å². The van der Waals surface area contributed by atoms with Crippen LogP contribution in [-0.4, -0.2) is 23.6 Å². The molecule has 2 amide bonds. The molecule has 0 fully saturated rings. The van der Waals surface area contributed by atoms with E-state index in [1.54, 1.807) is 20.8 Å². The second-order valence-corrected chi connectivity index (χ2v) is 8.24. The first kappa shape index (κ1) is 21.4. The Morgan fingerprint density at radius 1 is 0.900 bits per heavy atom. The minimum atomic E-state index is -0.755. The van der Waals surface area contributed by atoms with Crippen LogP contribution >= 0.6 is 0 Å². The minimum absolute atomic E-state index is 0.252. The first-order valence-electron chi connectivity index (χ1n) is 10.1. The summed E-state index contributed by atoms with van der Waals surface area (Å²) in [5.74, 6) is -0.252. The van der Waals surface area contributed by atoms with Gasteiger partial charge in [-0.3, -0.25) is 4.79 Å². The van der Waals surface area contributed by atoms with Crippen molar-refractivity contribution in [3.63, 3.8) is 0 Å². The summed E-state index contributed by atoms with van der Waals surface area (Å²) in [6.07, 6.45) is -0.246. The maximum atomic E-state index is 13.0. The minimum Gasteiger partial charge on any atom is -0.444 e. The van der Waals surface area contributed by atoms with Crippen LogP contribution in [0, 0.1) is 0 Å². The topological polar surface area (TPSA) is 67.4 Å². The van der Waals surface area contributed by atoms with Crippen molar-refractivity contribution in [1.29, 1.82) is 0 Å². The molecule has 30 heavy (non-hydrogen) atoms. The summed E-state index contributed by atoms with van der Waals surface area (Å²) in [6.45, 7) is 5.77. The number of rotatable bonds is 6. The van der Waals surface area contributed by atoms with Crippen molar-refractivity contribution in [1.82, 2.24) is 10.6 Å². The quantitative estimate of drug-likeness (QED) is 0.631. The fourth-order valence-corrected chi connectivity index (χ4v) is 3.26. The van der Waals surface area contributed by atoms with Gasteiger partial charge >= 0.3 is 6.09 Å². The Kier molecular flexibility index (Phi) is 6.72. The van der Waals surface area contributed by atoms with Crippen molar-refractivity contribution in [2.24, 2.45) is 0 Å². The summed E-state index contributed by atoms with van der Waals surface area (Å²) < 4.78 is 5.38. The summed E-state index contributed by atoms with van der Waals surface area (Å²) in [4.78, 5) is 25.4. The van der Waals surface area contributed by atoms with Gasteiger partial charge in [0.2, 0.25) is 5.91 Å². The third-order valence-corrected chi connectivity index (χ3v) is 4.62. The molecular formula is C25H28N2O3. The zero-order valence-corrected chi connectivity index (χ0v) is 17.6. The molecule has 3 rings (SSSR count). The molecule has 156 valence electrons. The molecule has 5 heteroatoms. The van der Waals surface area contributed by atoms with E-state index in [-0.39, 0.29) is 5.91 Å². The first-order chi connectivity index (χ1) is 14.3. The Hall–Kier alpha value is -3.34. The van der Waals surface area contributed by atoms with Crippen LogP contribution < -0.4 is 10.6 Å². The van der Waals surface area contributed by atoms with Gasteiger partial charge in [-0.2, -0.15) is 0 Å². The molecule has 5 nitrogen and oxygen atoms in total. The number of amides is 2. The maximum Gasteiger partial charge on any atom is 0.408 e. The van der Waals surface area contributed by atoms with Crippen molar-refractivity contribution in [3.05, 3.63) is 83.9 Å². The normalized spacial score (nSPS) is 12.2. The number of nitrogens with one attached hydrogen (secondary N) is 2. The highest BCUT2D eigenvalue weighted by Gasteiger charge is 2.25. The molecule has 0 saturated heterocycles. The van der Waals surface area contributed by atoms with Crippen molar-refractivity contribution < 1.29 is 14.3 Å². The Morgan fingerprint density at radius 3 is 2.30 bits per heavy atom. The molecule has 2 N–H and O–H groups in total. The van der Waals surface area contributed by atoms with E-state index in [1.807, 2.05) is 72.8 Å². The number of benzene rings is 3. The summed E-state index contributed by atoms with van der Waals surface area (Å²) in [7, 11) is 0. The predicted octanol–water partition coefficient (Wildman–Crippen LogP) is 4.59. The van der Waals surface area contributed by atoms with Gasteiger partial charge in [0.15, 0.2) is 0 Å². The smallest absolute Gasteiger partial charge is 0.408 e. The van der Waals surface area contributed by atoms with Crippen LogP contribution in [0.3, 0.4) is 0 Å². The van der Waals surface area contributed by atoms with E-state index in [0.717, 1.165) is 21.9 Å². The number of carbonyl (C=O) groups is 2. The van der Waals surface area contributed by atoms with Crippen molar-refractivity contribution in [3.8, 4) is 0 Å². The molecule has 0 heterocycles. The SMILES string of the molecule is CC(C)(C)OC(=O)N[C@H](Cc1cccc2ccccc12)C(=O)NCc1ccccc1. The highest BCUT2D eigenvalue weighted by atomic mass is 16.6. The van der Waals surface area contributed by atoms with Gasteiger partial charge in [0.1, 0.15) is 11.6 Å². The Labute approximate surface area is 177 Å². The highest BCUT2D eigenvalue weighted by molar-refractivity contribution is 5.89. The zero-order valence-electron chi connectivity index (χ0n) is 17.6. The van der Waals surface area contributed by atoms with Gasteiger partial charge in [0, 0.05) is 13.0 Å². The van der Waals surface area contributed by atoms with E-state index in [4.69, 9.17) is 4.74 Å². The second-order valence-electron chi connectivity index (χ2n) is 8.24. The molecule has 0 aromatic heterocycles. The van der Waals surface area contributed by atoms with Crippen LogP contribution in [-0.2, 0) is 22.5 Å². The van der Waals surface area contributed by atoms with Crippen LogP contribution in [0.25, 0.3) is 10.8 Å². The predicted molar refractivity (Wildman–Crippen MR) is 119 cm³/mol. The summed E-state index contributed by atoms with van der Waals surface area (Å²) in [5.41, 5.74) is 1.34. The zero-order chi connectivity index (χ0) is 21.6. The number of hydrogen-bond acceptors (Lipinski definition) is 3. The molecule has 0 radical (unpaired) electrons. The average molecular weight is 405 g/mol. The molecule has 0 aliphatic carbocycles. The third-order valence-electron chi connectivity index (χ3n) is 4.62. The standard InChI is InChI=1S/C25H28N2O3/c1-25(2,3)30-24(29)27-22(23(28)26-17-18-10-5-4-6-11-18)16-20-14-9-13-19-12-7-8-15-21(19)20/h4-15,22H,16-17H2,1-3H3,(H,26,28)(H,27,29)/t22-/m1/s1. The van der Waals surface area contributed by atoms with E-state index in [9.17, 15) is 9.59 Å². The van der Waals surface area contributed by atoms with Gasteiger partial charge in [0.25, 0.3) is 0 Å². The van der Waals surface area contributed by atoms with E-state index in [1.165, 1.54) is 0 Å². The lowest BCUT2D eigenvalue weighted by Crippen LogP contribution is -2.49. The van der Waals surface area contributed by atoms with Crippen molar-refractivity contribution >= 4 is 22.8 Å². The molecule has 3 aromatic rings. The number of carbonyl (C=O) groups excluding carboxylic acids is 2. The Morgan fingerprint density at radius 2 is 1.57 bits per heavy atom. The van der Waals surface area contributed by atoms with Crippen molar-refractivity contribution in [2.75, 3.05) is 0 Å². The van der Waals surface area contributed by atoms with Gasteiger partial charge in [0.05, 0.1) is 0 Å². The average Bonchev–Trinajstić information content (AvgIpc) is 2.71. The van der Waals surface area contributed by atoms with Crippen molar-refractivity contribution in [2.45, 2.75) is 45.4 Å². The van der Waals surface area contributed by atoms with Gasteiger partial charge in [-0.05, 0) is 42.7 Å². The Balaban J connectivity index is 1.79. The lowest BCUT2D eigenvalue weighted by atomic mass is 9.98. The summed E-state index contributed by atoms with van der Waals surface area (Å²) >= 11 is 0. The van der Waals surface area contributed by atoms with E-state index in [0.29, 0.717) is 13.0 Å². The molecule has 0 aliphatic rings. The third kappa shape index (κ3) is 6.08. The number of fused-ring (bicyclic) bond motifs is 1. The van der Waals surface area contributed by atoms with Crippen LogP contribution in [0.1, 0.15) is 31.9 Å². The van der Waals surface area contributed by atoms with E-state index in [2.05, 4.69) is 10.6 Å². The lowest BCUT2D eigenvalue weighted by Gasteiger charge is -2.24. The van der Waals surface area contributed by atoms with Gasteiger partial charge in [-0.1, -0.05) is 72.8 Å². The molecule has 3 aromatic carbocycles. The molecule has 0 aliphatic heterocycles. The molecule has 0 saturated carbocycles. The molecule has 1 atom stereocenters. The monoisotopic (exact) mass is 404 g/mol. The molecule has 0 unspecified atom stereocenters. The fourth-order valence-electron chi connectivity index (χ4n) is 3.26.